The van der Waals surface area contributed by atoms with Crippen LogP contribution >= 0.6 is 27.3 Å². The van der Waals surface area contributed by atoms with Crippen LogP contribution in [-0.4, -0.2) is 26.0 Å². The third-order valence-electron chi connectivity index (χ3n) is 2.40. The van der Waals surface area contributed by atoms with E-state index in [1.165, 1.54) is 6.26 Å². The van der Waals surface area contributed by atoms with Gasteiger partial charge in [0.2, 0.25) is 10.0 Å². The van der Waals surface area contributed by atoms with E-state index in [2.05, 4.69) is 20.7 Å². The number of hydrogen-bond acceptors (Lipinski definition) is 5. The molecule has 0 aromatic carbocycles. The Bertz CT molecular complexity index is 705. The first-order chi connectivity index (χ1) is 9.40. The van der Waals surface area contributed by atoms with Crippen molar-refractivity contribution in [2.75, 3.05) is 6.54 Å². The van der Waals surface area contributed by atoms with Crippen molar-refractivity contribution in [3.63, 3.8) is 0 Å². The monoisotopic (exact) mass is 379 g/mol. The first kappa shape index (κ1) is 15.2. The van der Waals surface area contributed by atoms with E-state index < -0.39 is 16.0 Å². The second kappa shape index (κ2) is 6.08. The zero-order valence-corrected chi connectivity index (χ0v) is 13.2. The predicted molar refractivity (Wildman–Crippen MR) is 76.6 cm³/mol. The molecule has 2 N–H and O–H groups in total. The molecule has 6 nitrogen and oxygen atoms in total. The van der Waals surface area contributed by atoms with Crippen LogP contribution < -0.4 is 4.72 Å². The van der Waals surface area contributed by atoms with Gasteiger partial charge in [0.25, 0.3) is 0 Å². The van der Waals surface area contributed by atoms with Gasteiger partial charge in [-0.3, -0.25) is 0 Å². The summed E-state index contributed by atoms with van der Waals surface area (Å²) in [5.41, 5.74) is 0. The first-order valence-corrected chi connectivity index (χ1v) is 8.54. The Kier molecular flexibility index (Phi) is 4.63. The minimum absolute atomic E-state index is 0.0386. The van der Waals surface area contributed by atoms with Crippen LogP contribution in [0.3, 0.4) is 0 Å². The van der Waals surface area contributed by atoms with Crippen molar-refractivity contribution < 1.29 is 22.7 Å². The number of furan rings is 1. The number of thiophene rings is 1. The summed E-state index contributed by atoms with van der Waals surface area (Å²) in [6.07, 6.45) is 1.93. The second-order valence-corrected chi connectivity index (χ2v) is 7.89. The fourth-order valence-electron chi connectivity index (χ4n) is 1.48. The molecule has 0 radical (unpaired) electrons. The molecule has 2 aromatic heterocycles. The molecule has 0 aliphatic heterocycles. The highest BCUT2D eigenvalue weighted by molar-refractivity contribution is 9.11. The van der Waals surface area contributed by atoms with Gasteiger partial charge >= 0.3 is 5.97 Å². The molecular weight excluding hydrogens is 370 g/mol. The summed E-state index contributed by atoms with van der Waals surface area (Å²) >= 11 is 3.93. The van der Waals surface area contributed by atoms with Gasteiger partial charge in [-0.05, 0) is 34.1 Å². The van der Waals surface area contributed by atoms with Gasteiger partial charge in [0, 0.05) is 13.0 Å². The highest BCUT2D eigenvalue weighted by Crippen LogP contribution is 2.31. The maximum atomic E-state index is 12.1. The molecule has 0 saturated carbocycles. The standard InChI is InChI=1S/C11H10BrNO5S2/c12-10-9(6-8(19-10)11(14)15)20(16,17)13-4-3-7-2-1-5-18-7/h1-2,5-6,13H,3-4H2,(H,14,15). The van der Waals surface area contributed by atoms with Gasteiger partial charge in [0.15, 0.2) is 0 Å². The van der Waals surface area contributed by atoms with Crippen molar-refractivity contribution in [1.29, 1.82) is 0 Å². The topological polar surface area (TPSA) is 96.6 Å². The zero-order valence-electron chi connectivity index (χ0n) is 10.00. The lowest BCUT2D eigenvalue weighted by Crippen LogP contribution is -2.25. The van der Waals surface area contributed by atoms with Crippen molar-refractivity contribution in [3.05, 3.63) is 38.9 Å². The van der Waals surface area contributed by atoms with Crippen molar-refractivity contribution >= 4 is 43.3 Å². The Balaban J connectivity index is 2.08. The van der Waals surface area contributed by atoms with Gasteiger partial charge in [0.1, 0.15) is 15.5 Å². The lowest BCUT2D eigenvalue weighted by atomic mass is 10.3. The highest BCUT2D eigenvalue weighted by atomic mass is 79.9. The van der Waals surface area contributed by atoms with Crippen LogP contribution in [0.1, 0.15) is 15.4 Å². The van der Waals surface area contributed by atoms with Crippen LogP contribution in [0.5, 0.6) is 0 Å². The smallest absolute Gasteiger partial charge is 0.345 e. The summed E-state index contributed by atoms with van der Waals surface area (Å²) in [7, 11) is -3.75. The summed E-state index contributed by atoms with van der Waals surface area (Å²) in [6, 6.07) is 4.60. The minimum atomic E-state index is -3.75. The largest absolute Gasteiger partial charge is 0.477 e. The average molecular weight is 380 g/mol. The SMILES string of the molecule is O=C(O)c1cc(S(=O)(=O)NCCc2ccco2)c(Br)s1. The molecule has 2 heterocycles. The molecule has 108 valence electrons. The Morgan fingerprint density at radius 1 is 1.50 bits per heavy atom. The van der Waals surface area contributed by atoms with Crippen LogP contribution in [0, 0.1) is 0 Å². The second-order valence-electron chi connectivity index (χ2n) is 3.78. The maximum absolute atomic E-state index is 12.1. The molecule has 2 aromatic rings. The summed E-state index contributed by atoms with van der Waals surface area (Å²) < 4.78 is 31.9. The third-order valence-corrected chi connectivity index (χ3v) is 6.10. The van der Waals surface area contributed by atoms with Gasteiger partial charge in [-0.2, -0.15) is 0 Å². The van der Waals surface area contributed by atoms with E-state index in [1.807, 2.05) is 0 Å². The Labute approximate surface area is 127 Å². The first-order valence-electron chi connectivity index (χ1n) is 5.45. The number of carboxylic acid groups (broad SMARTS) is 1. The molecule has 0 aliphatic carbocycles. The molecule has 2 rings (SSSR count). The fraction of sp³-hybridized carbons (Fsp3) is 0.182. The van der Waals surface area contributed by atoms with Crippen LogP contribution in [0.2, 0.25) is 0 Å². The van der Waals surface area contributed by atoms with Crippen LogP contribution in [-0.2, 0) is 16.4 Å². The van der Waals surface area contributed by atoms with E-state index in [9.17, 15) is 13.2 Å². The number of hydrogen-bond donors (Lipinski definition) is 2. The van der Waals surface area contributed by atoms with E-state index in [0.29, 0.717) is 12.2 Å². The fourth-order valence-corrected chi connectivity index (χ4v) is 4.91. The van der Waals surface area contributed by atoms with Gasteiger partial charge < -0.3 is 9.52 Å². The molecule has 9 heteroatoms. The molecule has 0 amide bonds. The van der Waals surface area contributed by atoms with E-state index in [-0.39, 0.29) is 20.1 Å². The molecule has 0 unspecified atom stereocenters. The Hall–Kier alpha value is -1.16. The van der Waals surface area contributed by atoms with Gasteiger partial charge in [-0.15, -0.1) is 11.3 Å². The van der Waals surface area contributed by atoms with Gasteiger partial charge in [-0.25, -0.2) is 17.9 Å². The molecule has 0 aliphatic rings. The van der Waals surface area contributed by atoms with E-state index in [0.717, 1.165) is 17.4 Å². The summed E-state index contributed by atoms with van der Waals surface area (Å²) in [5.74, 6) is -0.490. The van der Waals surface area contributed by atoms with Crippen molar-refractivity contribution in [1.82, 2.24) is 4.72 Å². The summed E-state index contributed by atoms with van der Waals surface area (Å²) in [6.45, 7) is 0.167. The van der Waals surface area contributed by atoms with E-state index >= 15 is 0 Å². The molecule has 20 heavy (non-hydrogen) atoms. The predicted octanol–water partition coefficient (Wildman–Crippen LogP) is 2.32. The lowest BCUT2D eigenvalue weighted by Gasteiger charge is -2.04. The third kappa shape index (κ3) is 3.48. The summed E-state index contributed by atoms with van der Waals surface area (Å²) in [5, 5.41) is 8.85. The number of rotatable bonds is 6. The molecular formula is C11H10BrNO5S2. The number of halogens is 1. The quantitative estimate of drug-likeness (QED) is 0.802. The number of nitrogens with one attached hydrogen (secondary N) is 1. The molecule has 0 bridgehead atoms. The number of sulfonamides is 1. The zero-order chi connectivity index (χ0) is 14.8. The maximum Gasteiger partial charge on any atom is 0.345 e. The lowest BCUT2D eigenvalue weighted by molar-refractivity contribution is 0.0702. The van der Waals surface area contributed by atoms with Crippen LogP contribution in [0.4, 0.5) is 0 Å². The minimum Gasteiger partial charge on any atom is -0.477 e. The Morgan fingerprint density at radius 3 is 2.80 bits per heavy atom. The molecule has 0 spiro atoms. The summed E-state index contributed by atoms with van der Waals surface area (Å²) in [4.78, 5) is 10.7. The highest BCUT2D eigenvalue weighted by Gasteiger charge is 2.22. The van der Waals surface area contributed by atoms with Crippen LogP contribution in [0.15, 0.2) is 37.6 Å². The Morgan fingerprint density at radius 2 is 2.25 bits per heavy atom. The number of aromatic carboxylic acids is 1. The van der Waals surface area contributed by atoms with E-state index in [1.54, 1.807) is 12.1 Å². The number of carboxylic acids is 1. The molecule has 0 saturated heterocycles. The van der Waals surface area contributed by atoms with Crippen LogP contribution in [0.25, 0.3) is 0 Å². The van der Waals surface area contributed by atoms with Gasteiger partial charge in [0.05, 0.1) is 10.0 Å². The normalized spacial score (nSPS) is 11.7. The molecule has 0 atom stereocenters. The van der Waals surface area contributed by atoms with Crippen molar-refractivity contribution in [2.45, 2.75) is 11.3 Å². The average Bonchev–Trinajstić information content (AvgIpc) is 2.98. The van der Waals surface area contributed by atoms with E-state index in [4.69, 9.17) is 9.52 Å². The van der Waals surface area contributed by atoms with Crippen molar-refractivity contribution in [2.24, 2.45) is 0 Å². The number of carbonyl (C=O) groups is 1. The molecule has 0 fully saturated rings. The van der Waals surface area contributed by atoms with Crippen molar-refractivity contribution in [3.8, 4) is 0 Å². The van der Waals surface area contributed by atoms with Gasteiger partial charge in [-0.1, -0.05) is 0 Å².